The van der Waals surface area contributed by atoms with E-state index in [0.29, 0.717) is 11.3 Å². The average molecular weight is 290 g/mol. The Labute approximate surface area is 128 Å². The summed E-state index contributed by atoms with van der Waals surface area (Å²) in [6.07, 6.45) is 11.2. The van der Waals surface area contributed by atoms with Crippen molar-refractivity contribution in [2.75, 3.05) is 0 Å². The first-order valence-corrected chi connectivity index (χ1v) is 9.01. The molecule has 2 N–H and O–H groups in total. The van der Waals surface area contributed by atoms with Crippen molar-refractivity contribution in [2.24, 2.45) is 28.6 Å². The smallest absolute Gasteiger partial charge is 0.0596 e. The summed E-state index contributed by atoms with van der Waals surface area (Å²) in [5.41, 5.74) is 2.05. The molecule has 2 nitrogen and oxygen atoms in total. The summed E-state index contributed by atoms with van der Waals surface area (Å²) in [6, 6.07) is 0. The van der Waals surface area contributed by atoms with E-state index < -0.39 is 0 Å². The molecule has 0 aromatic carbocycles. The average Bonchev–Trinajstić information content (AvgIpc) is 2.76. The van der Waals surface area contributed by atoms with Crippen LogP contribution in [0.3, 0.4) is 0 Å². The molecule has 0 aliphatic heterocycles. The van der Waals surface area contributed by atoms with E-state index in [-0.39, 0.29) is 17.6 Å². The van der Waals surface area contributed by atoms with E-state index in [2.05, 4.69) is 19.9 Å². The van der Waals surface area contributed by atoms with Crippen molar-refractivity contribution < 1.29 is 10.2 Å². The van der Waals surface area contributed by atoms with Crippen LogP contribution in [0.25, 0.3) is 0 Å². The first-order chi connectivity index (χ1) is 9.95. The Bertz CT molecular complexity index is 470. The highest BCUT2D eigenvalue weighted by atomic mass is 16.3. The summed E-state index contributed by atoms with van der Waals surface area (Å²) >= 11 is 0. The first-order valence-electron chi connectivity index (χ1n) is 9.01. The lowest BCUT2D eigenvalue weighted by molar-refractivity contribution is -0.0711. The summed E-state index contributed by atoms with van der Waals surface area (Å²) in [5.74, 6) is 2.27. The molecule has 0 aromatic heterocycles. The van der Waals surface area contributed by atoms with Crippen molar-refractivity contribution >= 4 is 0 Å². The van der Waals surface area contributed by atoms with Crippen molar-refractivity contribution in [3.63, 3.8) is 0 Å². The van der Waals surface area contributed by atoms with Gasteiger partial charge in [-0.25, -0.2) is 0 Å². The molecule has 0 aromatic rings. The van der Waals surface area contributed by atoms with Gasteiger partial charge in [0, 0.05) is 0 Å². The molecule has 7 atom stereocenters. The zero-order valence-corrected chi connectivity index (χ0v) is 13.5. The van der Waals surface area contributed by atoms with Gasteiger partial charge in [-0.15, -0.1) is 0 Å². The fourth-order valence-corrected chi connectivity index (χ4v) is 6.61. The summed E-state index contributed by atoms with van der Waals surface area (Å²) < 4.78 is 0. The Kier molecular flexibility index (Phi) is 3.11. The predicted octanol–water partition coefficient (Wildman–Crippen LogP) is 3.67. The minimum Gasteiger partial charge on any atom is -0.393 e. The second kappa shape index (κ2) is 4.58. The minimum absolute atomic E-state index is 0.0742. The normalized spacial score (nSPS) is 56.2. The molecule has 4 aliphatic rings. The molecule has 0 spiro atoms. The molecular weight excluding hydrogens is 260 g/mol. The van der Waals surface area contributed by atoms with Gasteiger partial charge in [0.1, 0.15) is 0 Å². The molecule has 0 heterocycles. The summed E-state index contributed by atoms with van der Waals surface area (Å²) in [7, 11) is 0. The molecule has 118 valence electrons. The van der Waals surface area contributed by atoms with Crippen molar-refractivity contribution in [3.8, 4) is 0 Å². The Balaban J connectivity index is 1.68. The van der Waals surface area contributed by atoms with Crippen LogP contribution in [-0.4, -0.2) is 22.4 Å². The number of rotatable bonds is 0. The van der Waals surface area contributed by atoms with E-state index in [1.165, 1.54) is 25.7 Å². The van der Waals surface area contributed by atoms with Gasteiger partial charge in [0.25, 0.3) is 0 Å². The first kappa shape index (κ1) is 14.3. The second-order valence-electron chi connectivity index (χ2n) is 8.79. The van der Waals surface area contributed by atoms with Crippen molar-refractivity contribution in [1.82, 2.24) is 0 Å². The maximum atomic E-state index is 10.5. The number of aliphatic hydroxyl groups excluding tert-OH is 2. The monoisotopic (exact) mass is 290 g/mol. The van der Waals surface area contributed by atoms with Crippen molar-refractivity contribution in [1.29, 1.82) is 0 Å². The van der Waals surface area contributed by atoms with Crippen LogP contribution in [0.5, 0.6) is 0 Å². The third-order valence-electron chi connectivity index (χ3n) is 8.03. The van der Waals surface area contributed by atoms with Gasteiger partial charge in [-0.2, -0.15) is 0 Å². The zero-order chi connectivity index (χ0) is 14.8. The van der Waals surface area contributed by atoms with Gasteiger partial charge >= 0.3 is 0 Å². The van der Waals surface area contributed by atoms with E-state index in [1.54, 1.807) is 5.57 Å². The topological polar surface area (TPSA) is 40.5 Å². The van der Waals surface area contributed by atoms with Gasteiger partial charge in [-0.1, -0.05) is 25.5 Å². The molecule has 3 fully saturated rings. The van der Waals surface area contributed by atoms with Gasteiger partial charge in [-0.3, -0.25) is 0 Å². The summed E-state index contributed by atoms with van der Waals surface area (Å²) in [4.78, 5) is 0. The number of hydrogen-bond acceptors (Lipinski definition) is 2. The summed E-state index contributed by atoms with van der Waals surface area (Å²) in [5, 5.41) is 20.5. The number of aliphatic hydroxyl groups is 2. The standard InChI is InChI=1S/C19H30O2/c1-18-9-7-13(20)11-12(18)3-4-14-15-5-6-17(21)19(15,2)10-8-16(14)18/h3,13-17,20-21H,4-11H2,1-2H3/t13-,14-,15-,16+,17+,18-,19+/m0/s1. The number of allylic oxidation sites excluding steroid dienone is 1. The van der Waals surface area contributed by atoms with Crippen LogP contribution in [0, 0.1) is 28.6 Å². The third kappa shape index (κ3) is 1.84. The zero-order valence-electron chi connectivity index (χ0n) is 13.5. The van der Waals surface area contributed by atoms with E-state index >= 15 is 0 Å². The molecule has 4 aliphatic carbocycles. The van der Waals surface area contributed by atoms with Gasteiger partial charge < -0.3 is 10.2 Å². The molecule has 3 saturated carbocycles. The van der Waals surface area contributed by atoms with Crippen molar-refractivity contribution in [3.05, 3.63) is 11.6 Å². The molecule has 0 unspecified atom stereocenters. The quantitative estimate of drug-likeness (QED) is 0.668. The highest BCUT2D eigenvalue weighted by Gasteiger charge is 2.58. The number of fused-ring (bicyclic) bond motifs is 5. The molecule has 0 bridgehead atoms. The van der Waals surface area contributed by atoms with Gasteiger partial charge in [-0.05, 0) is 80.0 Å². The Hall–Kier alpha value is -0.340. The molecule has 21 heavy (non-hydrogen) atoms. The van der Waals surface area contributed by atoms with Crippen LogP contribution in [0.2, 0.25) is 0 Å². The van der Waals surface area contributed by atoms with Crippen LogP contribution in [0.1, 0.15) is 65.2 Å². The largest absolute Gasteiger partial charge is 0.393 e. The van der Waals surface area contributed by atoms with Crippen LogP contribution in [0.4, 0.5) is 0 Å². The second-order valence-corrected chi connectivity index (χ2v) is 8.79. The van der Waals surface area contributed by atoms with Crippen LogP contribution in [0.15, 0.2) is 11.6 Å². The van der Waals surface area contributed by atoms with Crippen LogP contribution < -0.4 is 0 Å². The Morgan fingerprint density at radius 3 is 2.62 bits per heavy atom. The van der Waals surface area contributed by atoms with E-state index in [1.807, 2.05) is 0 Å². The van der Waals surface area contributed by atoms with E-state index in [0.717, 1.165) is 37.5 Å². The Morgan fingerprint density at radius 1 is 1.00 bits per heavy atom. The van der Waals surface area contributed by atoms with Gasteiger partial charge in [0.15, 0.2) is 0 Å². The predicted molar refractivity (Wildman–Crippen MR) is 83.7 cm³/mol. The maximum absolute atomic E-state index is 10.5. The highest BCUT2D eigenvalue weighted by Crippen LogP contribution is 2.64. The Morgan fingerprint density at radius 2 is 1.81 bits per heavy atom. The molecule has 4 rings (SSSR count). The lowest BCUT2D eigenvalue weighted by Crippen LogP contribution is -2.51. The maximum Gasteiger partial charge on any atom is 0.0596 e. The molecular formula is C19H30O2. The lowest BCUT2D eigenvalue weighted by Gasteiger charge is -2.57. The molecule has 2 heteroatoms. The third-order valence-corrected chi connectivity index (χ3v) is 8.03. The minimum atomic E-state index is -0.108. The molecule has 0 radical (unpaired) electrons. The van der Waals surface area contributed by atoms with Gasteiger partial charge in [0.05, 0.1) is 12.2 Å². The van der Waals surface area contributed by atoms with E-state index in [4.69, 9.17) is 0 Å². The highest BCUT2D eigenvalue weighted by molar-refractivity contribution is 5.25. The number of hydrogen-bond donors (Lipinski definition) is 2. The van der Waals surface area contributed by atoms with Crippen LogP contribution in [-0.2, 0) is 0 Å². The lowest BCUT2D eigenvalue weighted by atomic mass is 9.48. The fraction of sp³-hybridized carbons (Fsp3) is 0.895. The van der Waals surface area contributed by atoms with E-state index in [9.17, 15) is 10.2 Å². The molecule has 0 saturated heterocycles. The molecule has 0 amide bonds. The van der Waals surface area contributed by atoms with Gasteiger partial charge in [0.2, 0.25) is 0 Å². The SMILES string of the molecule is C[C@@]12CC[C@@H]3[C@@H](CC=C4C[C@@H](O)CC[C@@]43C)[C@@H]1CC[C@H]2O. The summed E-state index contributed by atoms with van der Waals surface area (Å²) in [6.45, 7) is 4.81. The fourth-order valence-electron chi connectivity index (χ4n) is 6.61. The van der Waals surface area contributed by atoms with Crippen LogP contribution >= 0.6 is 0 Å². The van der Waals surface area contributed by atoms with Crippen molar-refractivity contribution in [2.45, 2.75) is 77.4 Å².